The van der Waals surface area contributed by atoms with Crippen molar-refractivity contribution in [2.24, 2.45) is 0 Å². The molecule has 0 bridgehead atoms. The Kier molecular flexibility index (Phi) is 8.43. The summed E-state index contributed by atoms with van der Waals surface area (Å²) in [6.07, 6.45) is 10.7. The van der Waals surface area contributed by atoms with Gasteiger partial charge in [0.1, 0.15) is 22.7 Å². The maximum Gasteiger partial charge on any atom is 0.339 e. The topological polar surface area (TPSA) is 66.8 Å². The predicted octanol–water partition coefficient (Wildman–Crippen LogP) is 5.98. The molecule has 1 atom stereocenters. The average Bonchev–Trinajstić information content (AvgIpc) is 2.61. The van der Waals surface area contributed by atoms with Crippen LogP contribution >= 0.6 is 0 Å². The van der Waals surface area contributed by atoms with Crippen molar-refractivity contribution in [2.75, 3.05) is 0 Å². The van der Waals surface area contributed by atoms with Gasteiger partial charge in [0.25, 0.3) is 0 Å². The van der Waals surface area contributed by atoms with E-state index in [1.807, 2.05) is 32.9 Å². The molecule has 1 aromatic carbocycles. The van der Waals surface area contributed by atoms with Crippen LogP contribution in [0.2, 0.25) is 0 Å². The van der Waals surface area contributed by atoms with Crippen LogP contribution in [0.25, 0.3) is 6.08 Å². The Morgan fingerprint density at radius 1 is 1.35 bits per heavy atom. The summed E-state index contributed by atoms with van der Waals surface area (Å²) in [5, 5.41) is 19.9. The van der Waals surface area contributed by atoms with E-state index in [-0.39, 0.29) is 11.3 Å². The molecule has 26 heavy (non-hydrogen) atoms. The molecule has 4 nitrogen and oxygen atoms in total. The van der Waals surface area contributed by atoms with Crippen molar-refractivity contribution in [1.29, 1.82) is 0 Å². The van der Waals surface area contributed by atoms with E-state index >= 15 is 0 Å². The van der Waals surface area contributed by atoms with Crippen molar-refractivity contribution in [1.82, 2.24) is 0 Å². The first-order valence-electron chi connectivity index (χ1n) is 9.53. The van der Waals surface area contributed by atoms with Gasteiger partial charge in [0, 0.05) is 0 Å². The maximum absolute atomic E-state index is 11.6. The Balaban J connectivity index is 0.00000163. The molecule has 0 aromatic heterocycles. The zero-order valence-electron chi connectivity index (χ0n) is 16.5. The van der Waals surface area contributed by atoms with Gasteiger partial charge in [-0.3, -0.25) is 0 Å². The number of allylic oxidation sites excluding steroid dienone is 1. The summed E-state index contributed by atoms with van der Waals surface area (Å²) in [5.74, 6) is -0.748. The highest BCUT2D eigenvalue weighted by atomic mass is 16.5. The average molecular weight is 360 g/mol. The van der Waals surface area contributed by atoms with Crippen LogP contribution in [0.3, 0.4) is 0 Å². The first-order valence-corrected chi connectivity index (χ1v) is 9.53. The number of carbonyl (C=O) groups is 1. The lowest BCUT2D eigenvalue weighted by atomic mass is 9.91. The number of hydrogen-bond donors (Lipinski definition) is 2. The van der Waals surface area contributed by atoms with E-state index in [9.17, 15) is 15.0 Å². The van der Waals surface area contributed by atoms with Crippen molar-refractivity contribution in [3.63, 3.8) is 0 Å². The number of carboxylic acids is 1. The molecular weight excluding hydrogens is 328 g/mol. The Bertz CT molecular complexity index is 661. The fourth-order valence-electron chi connectivity index (χ4n) is 3.03. The number of carboxylic acid groups (broad SMARTS) is 1. The second kappa shape index (κ2) is 10.0. The summed E-state index contributed by atoms with van der Waals surface area (Å²) < 4.78 is 6.10. The van der Waals surface area contributed by atoms with Gasteiger partial charge in [-0.2, -0.15) is 0 Å². The second-order valence-corrected chi connectivity index (χ2v) is 6.51. The van der Waals surface area contributed by atoms with Crippen molar-refractivity contribution in [2.45, 2.75) is 71.8 Å². The minimum Gasteiger partial charge on any atom is -0.506 e. The molecule has 0 radical (unpaired) electrons. The summed E-state index contributed by atoms with van der Waals surface area (Å²) in [7, 11) is 0. The van der Waals surface area contributed by atoms with E-state index < -0.39 is 11.6 Å². The minimum atomic E-state index is -1.10. The van der Waals surface area contributed by atoms with Crippen molar-refractivity contribution >= 4 is 12.0 Å². The van der Waals surface area contributed by atoms with Gasteiger partial charge in [0.2, 0.25) is 0 Å². The highest BCUT2D eigenvalue weighted by Gasteiger charge is 2.30. The lowest BCUT2D eigenvalue weighted by Gasteiger charge is -2.32. The van der Waals surface area contributed by atoms with Gasteiger partial charge in [-0.15, -0.1) is 6.58 Å². The first kappa shape index (κ1) is 21.8. The van der Waals surface area contributed by atoms with Gasteiger partial charge in [0.15, 0.2) is 0 Å². The van der Waals surface area contributed by atoms with Crippen molar-refractivity contribution in [3.8, 4) is 11.5 Å². The Morgan fingerprint density at radius 2 is 2.04 bits per heavy atom. The Hall–Kier alpha value is -2.23. The normalized spacial score (nSPS) is 17.5. The largest absolute Gasteiger partial charge is 0.506 e. The number of aromatic carboxylic acids is 1. The number of aromatic hydroxyl groups is 1. The van der Waals surface area contributed by atoms with Crippen LogP contribution in [0.5, 0.6) is 11.5 Å². The van der Waals surface area contributed by atoms with Crippen molar-refractivity contribution in [3.05, 3.63) is 41.5 Å². The molecule has 1 unspecified atom stereocenters. The molecule has 0 fully saturated rings. The van der Waals surface area contributed by atoms with E-state index in [0.717, 1.165) is 32.1 Å². The fraction of sp³-hybridized carbons (Fsp3) is 0.500. The van der Waals surface area contributed by atoms with Crippen molar-refractivity contribution < 1.29 is 19.7 Å². The molecule has 1 aliphatic rings. The van der Waals surface area contributed by atoms with E-state index in [1.54, 1.807) is 12.1 Å². The highest BCUT2D eigenvalue weighted by Crippen LogP contribution is 2.42. The molecule has 144 valence electrons. The standard InChI is InChI=1S/C20H26O4.C2H6/c1-4-6-8-9-14-13-16-15(18(21)17(14)19(22)23)10-12-20(3,24-16)11-7-5-2;1-2/h5,10,12-13,21H,2,4,6-9,11H2,1,3H3,(H,22,23);1-2H3. The molecule has 0 aliphatic carbocycles. The lowest BCUT2D eigenvalue weighted by Crippen LogP contribution is -2.32. The Morgan fingerprint density at radius 3 is 2.62 bits per heavy atom. The molecule has 0 saturated heterocycles. The van der Waals surface area contributed by atoms with Crippen LogP contribution in [0.4, 0.5) is 0 Å². The molecule has 0 spiro atoms. The molecular formula is C22H32O4. The van der Waals surface area contributed by atoms with Crippen LogP contribution in [0, 0.1) is 0 Å². The quantitative estimate of drug-likeness (QED) is 0.442. The monoisotopic (exact) mass is 360 g/mol. The van der Waals surface area contributed by atoms with Gasteiger partial charge in [0.05, 0.1) is 5.56 Å². The third-order valence-electron chi connectivity index (χ3n) is 4.44. The number of aryl methyl sites for hydroxylation is 1. The highest BCUT2D eigenvalue weighted by molar-refractivity contribution is 5.95. The van der Waals surface area contributed by atoms with Crippen LogP contribution in [0.1, 0.15) is 81.3 Å². The number of hydrogen-bond acceptors (Lipinski definition) is 3. The van der Waals surface area contributed by atoms with E-state index in [0.29, 0.717) is 23.3 Å². The summed E-state index contributed by atoms with van der Waals surface area (Å²) >= 11 is 0. The van der Waals surface area contributed by atoms with E-state index in [2.05, 4.69) is 13.5 Å². The Labute approximate surface area is 157 Å². The second-order valence-electron chi connectivity index (χ2n) is 6.51. The molecule has 0 amide bonds. The summed E-state index contributed by atoms with van der Waals surface area (Å²) in [4.78, 5) is 11.6. The molecule has 0 saturated carbocycles. The zero-order valence-corrected chi connectivity index (χ0v) is 16.5. The minimum absolute atomic E-state index is 0.00667. The molecule has 1 aliphatic heterocycles. The van der Waals surface area contributed by atoms with Crippen LogP contribution < -0.4 is 4.74 Å². The zero-order chi connectivity index (χ0) is 19.7. The molecule has 1 aromatic rings. The van der Waals surface area contributed by atoms with Crippen LogP contribution in [-0.4, -0.2) is 21.8 Å². The number of fused-ring (bicyclic) bond motifs is 1. The fourth-order valence-corrected chi connectivity index (χ4v) is 3.03. The predicted molar refractivity (Wildman–Crippen MR) is 107 cm³/mol. The number of phenols is 1. The number of benzene rings is 1. The summed E-state index contributed by atoms with van der Waals surface area (Å²) in [6.45, 7) is 11.8. The number of unbranched alkanes of at least 4 members (excludes halogenated alkanes) is 2. The molecule has 2 N–H and O–H groups in total. The molecule has 1 heterocycles. The van der Waals surface area contributed by atoms with E-state index in [4.69, 9.17) is 4.74 Å². The number of ether oxygens (including phenoxy) is 1. The van der Waals surface area contributed by atoms with Gasteiger partial charge in [-0.1, -0.05) is 39.7 Å². The summed E-state index contributed by atoms with van der Waals surface area (Å²) in [6, 6.07) is 1.78. The maximum atomic E-state index is 11.6. The van der Waals surface area contributed by atoms with E-state index in [1.165, 1.54) is 0 Å². The van der Waals surface area contributed by atoms with Crippen LogP contribution in [0.15, 0.2) is 24.8 Å². The van der Waals surface area contributed by atoms with Gasteiger partial charge < -0.3 is 14.9 Å². The SMILES string of the molecule is C=CCCC1(C)C=Cc2c(cc(CCCCC)c(C(=O)O)c2O)O1.CC. The summed E-state index contributed by atoms with van der Waals surface area (Å²) in [5.41, 5.74) is 0.600. The number of rotatable bonds is 8. The molecule has 2 rings (SSSR count). The smallest absolute Gasteiger partial charge is 0.339 e. The lowest BCUT2D eigenvalue weighted by molar-refractivity contribution is 0.0692. The molecule has 4 heteroatoms. The van der Waals surface area contributed by atoms with Gasteiger partial charge in [-0.25, -0.2) is 4.79 Å². The first-order chi connectivity index (χ1) is 12.4. The van der Waals surface area contributed by atoms with Gasteiger partial charge >= 0.3 is 5.97 Å². The third-order valence-corrected chi connectivity index (χ3v) is 4.44. The van der Waals surface area contributed by atoms with Crippen LogP contribution in [-0.2, 0) is 6.42 Å². The van der Waals surface area contributed by atoms with Gasteiger partial charge in [-0.05, 0) is 56.4 Å². The third kappa shape index (κ3) is 5.13.